The lowest BCUT2D eigenvalue weighted by atomic mass is 9.51. The molecule has 1 saturated carbocycles. The van der Waals surface area contributed by atoms with Crippen LogP contribution in [-0.2, 0) is 4.74 Å². The smallest absolute Gasteiger partial charge is 0.0527 e. The molecule has 0 aromatic rings. The van der Waals surface area contributed by atoms with Crippen LogP contribution in [0, 0.1) is 21.7 Å². The summed E-state index contributed by atoms with van der Waals surface area (Å²) in [6.07, 6.45) is 5.38. The molecule has 2 fully saturated rings. The molecule has 2 rings (SSSR count). The Morgan fingerprint density at radius 2 is 1.53 bits per heavy atom. The van der Waals surface area contributed by atoms with Gasteiger partial charge in [0.2, 0.25) is 0 Å². The zero-order valence-corrected chi connectivity index (χ0v) is 12.7. The van der Waals surface area contributed by atoms with Gasteiger partial charge in [0.05, 0.1) is 6.61 Å². The molecule has 0 N–H and O–H groups in total. The number of hydrogen-bond acceptors (Lipinski definition) is 1. The average molecular weight is 238 g/mol. The van der Waals surface area contributed by atoms with Crippen molar-refractivity contribution < 1.29 is 4.74 Å². The normalized spacial score (nSPS) is 32.8. The van der Waals surface area contributed by atoms with E-state index in [1.807, 2.05) is 0 Å². The molecular weight excluding hydrogens is 208 g/mol. The van der Waals surface area contributed by atoms with Crippen molar-refractivity contribution in [1.82, 2.24) is 0 Å². The summed E-state index contributed by atoms with van der Waals surface area (Å²) in [5, 5.41) is 0. The highest BCUT2D eigenvalue weighted by atomic mass is 16.5. The van der Waals surface area contributed by atoms with Gasteiger partial charge in [-0.15, -0.1) is 0 Å². The maximum atomic E-state index is 5.81. The summed E-state index contributed by atoms with van der Waals surface area (Å²) in [5.74, 6) is 0. The Morgan fingerprint density at radius 3 is 1.94 bits per heavy atom. The molecule has 0 bridgehead atoms. The molecule has 0 aromatic heterocycles. The van der Waals surface area contributed by atoms with Crippen LogP contribution in [0.15, 0.2) is 0 Å². The Bertz CT molecular complexity index is 288. The van der Waals surface area contributed by atoms with Crippen LogP contribution < -0.4 is 0 Å². The molecule has 1 heterocycles. The lowest BCUT2D eigenvalue weighted by Gasteiger charge is -2.56. The van der Waals surface area contributed by atoms with E-state index in [0.29, 0.717) is 21.7 Å². The molecular formula is C16H30O. The van der Waals surface area contributed by atoms with Crippen molar-refractivity contribution in [3.8, 4) is 0 Å². The number of ether oxygens (including phenoxy) is 1. The second kappa shape index (κ2) is 3.73. The van der Waals surface area contributed by atoms with E-state index < -0.39 is 0 Å². The molecule has 100 valence electrons. The molecule has 1 aliphatic carbocycles. The summed E-state index contributed by atoms with van der Waals surface area (Å²) in [5.41, 5.74) is 1.80. The van der Waals surface area contributed by atoms with Gasteiger partial charge in [-0.3, -0.25) is 0 Å². The molecule has 0 radical (unpaired) electrons. The minimum atomic E-state index is 0.389. The molecule has 1 saturated heterocycles. The van der Waals surface area contributed by atoms with Gasteiger partial charge in [-0.05, 0) is 41.9 Å². The van der Waals surface area contributed by atoms with Gasteiger partial charge in [-0.2, -0.15) is 0 Å². The van der Waals surface area contributed by atoms with Gasteiger partial charge in [-0.25, -0.2) is 0 Å². The van der Waals surface area contributed by atoms with Crippen LogP contribution in [0.5, 0.6) is 0 Å². The van der Waals surface area contributed by atoms with Gasteiger partial charge in [0.25, 0.3) is 0 Å². The first-order valence-electron chi connectivity index (χ1n) is 7.20. The molecule has 2 aliphatic rings. The first kappa shape index (κ1) is 13.4. The molecule has 1 aliphatic heterocycles. The van der Waals surface area contributed by atoms with Crippen LogP contribution in [0.3, 0.4) is 0 Å². The third kappa shape index (κ3) is 2.16. The van der Waals surface area contributed by atoms with Crippen LogP contribution in [-0.4, -0.2) is 13.2 Å². The van der Waals surface area contributed by atoms with Crippen LogP contribution >= 0.6 is 0 Å². The standard InChI is InChI=1S/C16H30O/c1-13(2,3)11-16(14(4,5)6)9-10-17-12-15(16)7-8-15/h7-12H2,1-6H3. The second-order valence-corrected chi connectivity index (χ2v) is 8.65. The SMILES string of the molecule is CC(C)(C)CC1(C(C)(C)C)CCOCC12CC2. The van der Waals surface area contributed by atoms with E-state index in [0.717, 1.165) is 13.2 Å². The Morgan fingerprint density at radius 1 is 0.941 bits per heavy atom. The first-order valence-corrected chi connectivity index (χ1v) is 7.20. The molecule has 1 spiro atoms. The lowest BCUT2D eigenvalue weighted by molar-refractivity contribution is -0.133. The maximum Gasteiger partial charge on any atom is 0.0527 e. The van der Waals surface area contributed by atoms with Crippen LogP contribution in [0.4, 0.5) is 0 Å². The highest BCUT2D eigenvalue weighted by molar-refractivity contribution is 5.13. The second-order valence-electron chi connectivity index (χ2n) is 8.65. The van der Waals surface area contributed by atoms with Crippen molar-refractivity contribution in [2.45, 2.75) is 67.2 Å². The molecule has 1 atom stereocenters. The van der Waals surface area contributed by atoms with E-state index in [4.69, 9.17) is 4.74 Å². The molecule has 17 heavy (non-hydrogen) atoms. The minimum absolute atomic E-state index is 0.389. The molecule has 1 heteroatoms. The minimum Gasteiger partial charge on any atom is -0.381 e. The van der Waals surface area contributed by atoms with Crippen molar-refractivity contribution in [3.05, 3.63) is 0 Å². The maximum absolute atomic E-state index is 5.81. The third-order valence-corrected chi connectivity index (χ3v) is 5.19. The molecule has 0 aromatic carbocycles. The molecule has 1 nitrogen and oxygen atoms in total. The summed E-state index contributed by atoms with van der Waals surface area (Å²) < 4.78 is 5.81. The van der Waals surface area contributed by atoms with E-state index in [-0.39, 0.29) is 0 Å². The van der Waals surface area contributed by atoms with Gasteiger partial charge < -0.3 is 4.74 Å². The summed E-state index contributed by atoms with van der Waals surface area (Å²) in [6.45, 7) is 16.5. The first-order chi connectivity index (χ1) is 7.62. The van der Waals surface area contributed by atoms with E-state index >= 15 is 0 Å². The zero-order chi connectivity index (χ0) is 12.9. The number of hydrogen-bond donors (Lipinski definition) is 0. The van der Waals surface area contributed by atoms with Crippen molar-refractivity contribution in [2.24, 2.45) is 21.7 Å². The fraction of sp³-hybridized carbons (Fsp3) is 1.00. The molecule has 1 unspecified atom stereocenters. The fourth-order valence-electron chi connectivity index (χ4n) is 4.31. The van der Waals surface area contributed by atoms with Gasteiger partial charge in [-0.1, -0.05) is 41.5 Å². The fourth-order valence-corrected chi connectivity index (χ4v) is 4.31. The summed E-state index contributed by atoms with van der Waals surface area (Å²) in [6, 6.07) is 0. The Hall–Kier alpha value is -0.0400. The number of rotatable bonds is 1. The van der Waals surface area contributed by atoms with Gasteiger partial charge in [0, 0.05) is 12.0 Å². The predicted molar refractivity (Wildman–Crippen MR) is 73.1 cm³/mol. The Balaban J connectivity index is 2.36. The summed E-state index contributed by atoms with van der Waals surface area (Å²) in [4.78, 5) is 0. The van der Waals surface area contributed by atoms with Crippen LogP contribution in [0.1, 0.15) is 67.2 Å². The van der Waals surface area contributed by atoms with Gasteiger partial charge in [0.1, 0.15) is 0 Å². The average Bonchev–Trinajstić information content (AvgIpc) is 2.86. The van der Waals surface area contributed by atoms with E-state index in [1.165, 1.54) is 25.7 Å². The quantitative estimate of drug-likeness (QED) is 0.646. The largest absolute Gasteiger partial charge is 0.381 e. The van der Waals surface area contributed by atoms with Crippen LogP contribution in [0.25, 0.3) is 0 Å². The highest BCUT2D eigenvalue weighted by Gasteiger charge is 2.65. The Labute approximate surface area is 107 Å². The topological polar surface area (TPSA) is 9.23 Å². The molecule has 0 amide bonds. The summed E-state index contributed by atoms with van der Waals surface area (Å²) in [7, 11) is 0. The van der Waals surface area contributed by atoms with Crippen molar-refractivity contribution in [1.29, 1.82) is 0 Å². The van der Waals surface area contributed by atoms with Gasteiger partial charge >= 0.3 is 0 Å². The van der Waals surface area contributed by atoms with E-state index in [2.05, 4.69) is 41.5 Å². The third-order valence-electron chi connectivity index (χ3n) is 5.19. The van der Waals surface area contributed by atoms with Crippen molar-refractivity contribution in [3.63, 3.8) is 0 Å². The van der Waals surface area contributed by atoms with E-state index in [9.17, 15) is 0 Å². The monoisotopic (exact) mass is 238 g/mol. The zero-order valence-electron chi connectivity index (χ0n) is 12.7. The van der Waals surface area contributed by atoms with E-state index in [1.54, 1.807) is 0 Å². The van der Waals surface area contributed by atoms with Gasteiger partial charge in [0.15, 0.2) is 0 Å². The highest BCUT2D eigenvalue weighted by Crippen LogP contribution is 2.71. The van der Waals surface area contributed by atoms with Crippen molar-refractivity contribution in [2.75, 3.05) is 13.2 Å². The Kier molecular flexibility index (Phi) is 2.94. The van der Waals surface area contributed by atoms with Crippen LogP contribution in [0.2, 0.25) is 0 Å². The van der Waals surface area contributed by atoms with Crippen molar-refractivity contribution >= 4 is 0 Å². The predicted octanol–water partition coefficient (Wildman–Crippen LogP) is 4.66. The summed E-state index contributed by atoms with van der Waals surface area (Å²) >= 11 is 0. The lowest BCUT2D eigenvalue weighted by Crippen LogP contribution is -2.51.